The quantitative estimate of drug-likeness (QED) is 0.376. The molecule has 30 heavy (non-hydrogen) atoms. The average molecular weight is 437 g/mol. The second-order valence-electron chi connectivity index (χ2n) is 5.79. The van der Waals surface area contributed by atoms with Gasteiger partial charge in [0.25, 0.3) is 5.91 Å². The van der Waals surface area contributed by atoms with Crippen LogP contribution in [0.5, 0.6) is 23.0 Å². The molecule has 0 unspecified atom stereocenters. The number of hydrazone groups is 1. The Labute approximate surface area is 174 Å². The summed E-state index contributed by atoms with van der Waals surface area (Å²) in [5.74, 6) is 0.233. The van der Waals surface area contributed by atoms with Crippen LogP contribution in [0.25, 0.3) is 0 Å². The molecule has 0 aromatic heterocycles. The van der Waals surface area contributed by atoms with Gasteiger partial charge in [0, 0.05) is 6.07 Å². The van der Waals surface area contributed by atoms with Crippen molar-refractivity contribution in [3.63, 3.8) is 0 Å². The summed E-state index contributed by atoms with van der Waals surface area (Å²) in [5.41, 5.74) is 2.79. The number of nitrogens with one attached hydrogen (secondary N) is 2. The molecule has 0 saturated heterocycles. The molecule has 0 heterocycles. The number of amides is 1. The number of carbonyl (C=O) groups excluding carboxylic acids is 1. The van der Waals surface area contributed by atoms with Crippen LogP contribution in [-0.4, -0.2) is 53.0 Å². The van der Waals surface area contributed by atoms with Crippen LogP contribution in [0.1, 0.15) is 12.5 Å². The standard InChI is InChI=1S/C19H23N3O7S/c1-4-29-17-9-13(5-7-15(17)23)11-20-22-19(24)12-21-30(25,26)14-6-8-16(27-2)18(10-14)28-3/h5-11,21,23H,4,12H2,1-3H3,(H,22,24)/b20-11-. The topological polar surface area (TPSA) is 136 Å². The lowest BCUT2D eigenvalue weighted by molar-refractivity contribution is -0.119. The van der Waals surface area contributed by atoms with Crippen LogP contribution in [0, 0.1) is 0 Å². The molecule has 0 aliphatic rings. The molecule has 10 nitrogen and oxygen atoms in total. The van der Waals surface area contributed by atoms with Crippen LogP contribution < -0.4 is 24.4 Å². The van der Waals surface area contributed by atoms with Crippen LogP contribution in [0.2, 0.25) is 0 Å². The number of benzene rings is 2. The number of rotatable bonds is 10. The number of hydrogen-bond donors (Lipinski definition) is 3. The minimum atomic E-state index is -3.95. The third-order valence-corrected chi connectivity index (χ3v) is 5.17. The van der Waals surface area contributed by atoms with Gasteiger partial charge in [-0.15, -0.1) is 0 Å². The Kier molecular flexibility index (Phi) is 8.01. The lowest BCUT2D eigenvalue weighted by Gasteiger charge is -2.10. The van der Waals surface area contributed by atoms with Gasteiger partial charge in [-0.3, -0.25) is 4.79 Å². The van der Waals surface area contributed by atoms with Crippen molar-refractivity contribution >= 4 is 22.1 Å². The molecule has 0 fully saturated rings. The van der Waals surface area contributed by atoms with Crippen LogP contribution in [0.4, 0.5) is 0 Å². The fraction of sp³-hybridized carbons (Fsp3) is 0.263. The highest BCUT2D eigenvalue weighted by Gasteiger charge is 2.18. The van der Waals surface area contributed by atoms with E-state index in [0.29, 0.717) is 17.9 Å². The molecule has 2 aromatic rings. The molecular formula is C19H23N3O7S. The van der Waals surface area contributed by atoms with Crippen molar-refractivity contribution in [2.45, 2.75) is 11.8 Å². The largest absolute Gasteiger partial charge is 0.504 e. The van der Waals surface area contributed by atoms with Gasteiger partial charge in [-0.25, -0.2) is 18.6 Å². The van der Waals surface area contributed by atoms with Crippen molar-refractivity contribution in [3.8, 4) is 23.0 Å². The number of methoxy groups -OCH3 is 2. The first-order chi connectivity index (χ1) is 14.3. The van der Waals surface area contributed by atoms with Gasteiger partial charge < -0.3 is 19.3 Å². The van der Waals surface area contributed by atoms with E-state index in [4.69, 9.17) is 14.2 Å². The second-order valence-corrected chi connectivity index (χ2v) is 7.56. The van der Waals surface area contributed by atoms with Gasteiger partial charge in [0.05, 0.1) is 38.5 Å². The Morgan fingerprint density at radius 3 is 2.50 bits per heavy atom. The van der Waals surface area contributed by atoms with Crippen molar-refractivity contribution in [1.82, 2.24) is 10.1 Å². The maximum absolute atomic E-state index is 12.4. The number of sulfonamides is 1. The number of carbonyl (C=O) groups is 1. The molecule has 11 heteroatoms. The predicted molar refractivity (Wildman–Crippen MR) is 110 cm³/mol. The van der Waals surface area contributed by atoms with Gasteiger partial charge >= 0.3 is 0 Å². The van der Waals surface area contributed by atoms with Crippen molar-refractivity contribution in [1.29, 1.82) is 0 Å². The summed E-state index contributed by atoms with van der Waals surface area (Å²) < 4.78 is 42.3. The first-order valence-electron chi connectivity index (χ1n) is 8.80. The van der Waals surface area contributed by atoms with Crippen LogP contribution in [0.3, 0.4) is 0 Å². The van der Waals surface area contributed by atoms with Crippen molar-refractivity contribution < 1.29 is 32.5 Å². The summed E-state index contributed by atoms with van der Waals surface area (Å²) in [6.45, 7) is 1.64. The van der Waals surface area contributed by atoms with Crippen LogP contribution in [-0.2, 0) is 14.8 Å². The van der Waals surface area contributed by atoms with Gasteiger partial charge in [-0.2, -0.15) is 5.10 Å². The molecule has 0 spiro atoms. The Morgan fingerprint density at radius 2 is 1.83 bits per heavy atom. The van der Waals surface area contributed by atoms with E-state index in [0.717, 1.165) is 0 Å². The molecule has 0 saturated carbocycles. The van der Waals surface area contributed by atoms with Gasteiger partial charge in [-0.05, 0) is 42.8 Å². The molecular weight excluding hydrogens is 414 g/mol. The zero-order valence-corrected chi connectivity index (χ0v) is 17.5. The Balaban J connectivity index is 1.95. The van der Waals surface area contributed by atoms with E-state index in [1.54, 1.807) is 19.1 Å². The molecule has 3 N–H and O–H groups in total. The van der Waals surface area contributed by atoms with Crippen molar-refractivity contribution in [2.75, 3.05) is 27.4 Å². The number of ether oxygens (including phenoxy) is 3. The van der Waals surface area contributed by atoms with Gasteiger partial charge in [0.2, 0.25) is 10.0 Å². The zero-order chi connectivity index (χ0) is 22.1. The molecule has 0 bridgehead atoms. The summed E-state index contributed by atoms with van der Waals surface area (Å²) in [6.07, 6.45) is 1.34. The summed E-state index contributed by atoms with van der Waals surface area (Å²) in [7, 11) is -1.13. The van der Waals surface area contributed by atoms with Gasteiger partial charge in [-0.1, -0.05) is 0 Å². The minimum absolute atomic E-state index is 0.0115. The molecule has 2 aromatic carbocycles. The minimum Gasteiger partial charge on any atom is -0.504 e. The maximum atomic E-state index is 12.4. The van der Waals surface area contributed by atoms with Crippen LogP contribution in [0.15, 0.2) is 46.4 Å². The third-order valence-electron chi connectivity index (χ3n) is 3.77. The number of hydrogen-bond acceptors (Lipinski definition) is 8. The molecule has 0 aliphatic carbocycles. The SMILES string of the molecule is CCOc1cc(/C=N\NC(=O)CNS(=O)(=O)c2ccc(OC)c(OC)c2)ccc1O. The van der Waals surface area contributed by atoms with E-state index < -0.39 is 22.5 Å². The Hall–Kier alpha value is -3.31. The average Bonchev–Trinajstić information content (AvgIpc) is 2.74. The Bertz CT molecular complexity index is 1020. The van der Waals surface area contributed by atoms with Crippen molar-refractivity contribution in [3.05, 3.63) is 42.0 Å². The maximum Gasteiger partial charge on any atom is 0.255 e. The smallest absolute Gasteiger partial charge is 0.255 e. The third kappa shape index (κ3) is 6.09. The van der Waals surface area contributed by atoms with E-state index in [2.05, 4.69) is 15.2 Å². The van der Waals surface area contributed by atoms with E-state index in [1.807, 2.05) is 0 Å². The first kappa shape index (κ1) is 23.0. The van der Waals surface area contributed by atoms with Crippen LogP contribution >= 0.6 is 0 Å². The summed E-state index contributed by atoms with van der Waals surface area (Å²) in [4.78, 5) is 11.8. The fourth-order valence-corrected chi connectivity index (χ4v) is 3.33. The molecule has 1 amide bonds. The molecule has 0 atom stereocenters. The summed E-state index contributed by atoms with van der Waals surface area (Å²) in [5, 5.41) is 13.4. The van der Waals surface area contributed by atoms with E-state index in [1.165, 1.54) is 44.7 Å². The van der Waals surface area contributed by atoms with E-state index in [-0.39, 0.29) is 22.1 Å². The second kappa shape index (κ2) is 10.5. The number of phenolic OH excluding ortho intramolecular Hbond substituents is 1. The highest BCUT2D eigenvalue weighted by molar-refractivity contribution is 7.89. The monoisotopic (exact) mass is 437 g/mol. The van der Waals surface area contributed by atoms with Crippen molar-refractivity contribution in [2.24, 2.45) is 5.10 Å². The number of nitrogens with zero attached hydrogens (tertiary/aromatic N) is 1. The lowest BCUT2D eigenvalue weighted by Crippen LogP contribution is -2.34. The highest BCUT2D eigenvalue weighted by atomic mass is 32.2. The number of phenols is 1. The zero-order valence-electron chi connectivity index (χ0n) is 16.7. The summed E-state index contributed by atoms with van der Waals surface area (Å²) >= 11 is 0. The summed E-state index contributed by atoms with van der Waals surface area (Å²) in [6, 6.07) is 8.64. The molecule has 162 valence electrons. The fourth-order valence-electron chi connectivity index (χ4n) is 2.33. The van der Waals surface area contributed by atoms with Gasteiger partial charge in [0.1, 0.15) is 0 Å². The van der Waals surface area contributed by atoms with Gasteiger partial charge in [0.15, 0.2) is 23.0 Å². The Morgan fingerprint density at radius 1 is 1.10 bits per heavy atom. The molecule has 0 radical (unpaired) electrons. The molecule has 0 aliphatic heterocycles. The van der Waals surface area contributed by atoms with E-state index >= 15 is 0 Å². The van der Waals surface area contributed by atoms with E-state index in [9.17, 15) is 18.3 Å². The number of aromatic hydroxyl groups is 1. The highest BCUT2D eigenvalue weighted by Crippen LogP contribution is 2.29. The normalized spacial score (nSPS) is 11.3. The molecule has 2 rings (SSSR count). The first-order valence-corrected chi connectivity index (χ1v) is 10.3. The predicted octanol–water partition coefficient (Wildman–Crippen LogP) is 1.24. The lowest BCUT2D eigenvalue weighted by atomic mass is 10.2.